The Bertz CT molecular complexity index is 1050. The van der Waals surface area contributed by atoms with Gasteiger partial charge in [0.2, 0.25) is 5.91 Å². The molecule has 7 heteroatoms. The summed E-state index contributed by atoms with van der Waals surface area (Å²) in [6.07, 6.45) is 5.71. The average Bonchev–Trinajstić information content (AvgIpc) is 3.32. The van der Waals surface area contributed by atoms with Crippen LogP contribution in [0.4, 0.5) is 14.9 Å². The molecular formula is C25H26FN3O3. The van der Waals surface area contributed by atoms with Crippen LogP contribution in [0.3, 0.4) is 0 Å². The molecule has 0 bridgehead atoms. The van der Waals surface area contributed by atoms with Gasteiger partial charge in [-0.25, -0.2) is 9.18 Å². The highest BCUT2D eigenvalue weighted by Gasteiger charge is 2.54. The van der Waals surface area contributed by atoms with Gasteiger partial charge in [-0.1, -0.05) is 30.3 Å². The van der Waals surface area contributed by atoms with Crippen LogP contribution in [0.15, 0.2) is 54.6 Å². The molecule has 0 unspecified atom stereocenters. The maximum Gasteiger partial charge on any atom is 0.322 e. The second-order valence-electron chi connectivity index (χ2n) is 8.71. The average molecular weight is 435 g/mol. The number of benzene rings is 2. The summed E-state index contributed by atoms with van der Waals surface area (Å²) in [7, 11) is 0. The van der Waals surface area contributed by atoms with Crippen LogP contribution in [0.2, 0.25) is 0 Å². The number of rotatable bonds is 4. The molecule has 6 nitrogen and oxygen atoms in total. The van der Waals surface area contributed by atoms with Crippen LogP contribution in [-0.2, 0) is 4.79 Å². The number of aliphatic hydroxyl groups is 1. The number of hydrogen-bond donors (Lipinski definition) is 2. The molecule has 0 saturated carbocycles. The summed E-state index contributed by atoms with van der Waals surface area (Å²) in [5, 5.41) is 12.7. The van der Waals surface area contributed by atoms with Crippen molar-refractivity contribution in [1.82, 2.24) is 9.80 Å². The first-order valence-corrected chi connectivity index (χ1v) is 11.1. The Labute approximate surface area is 186 Å². The van der Waals surface area contributed by atoms with Gasteiger partial charge in [-0.2, -0.15) is 0 Å². The van der Waals surface area contributed by atoms with Crippen molar-refractivity contribution in [2.75, 3.05) is 25.0 Å². The molecule has 2 aromatic carbocycles. The zero-order chi connectivity index (χ0) is 22.2. The number of anilines is 1. The summed E-state index contributed by atoms with van der Waals surface area (Å²) in [4.78, 5) is 28.7. The fraction of sp³-hybridized carbons (Fsp3) is 0.360. The number of carbonyl (C=O) groups excluding carboxylic acids is 2. The van der Waals surface area contributed by atoms with E-state index in [1.54, 1.807) is 4.90 Å². The van der Waals surface area contributed by atoms with Gasteiger partial charge in [-0.05, 0) is 60.2 Å². The van der Waals surface area contributed by atoms with Crippen LogP contribution in [0.5, 0.6) is 0 Å². The third-order valence-electron chi connectivity index (χ3n) is 6.84. The fourth-order valence-electron chi connectivity index (χ4n) is 5.24. The maximum atomic E-state index is 13.1. The van der Waals surface area contributed by atoms with E-state index in [9.17, 15) is 19.1 Å². The zero-order valence-electron chi connectivity index (χ0n) is 17.7. The maximum absolute atomic E-state index is 13.1. The number of nitrogens with zero attached hydrogens (tertiary/aromatic N) is 2. The summed E-state index contributed by atoms with van der Waals surface area (Å²) >= 11 is 0. The highest BCUT2D eigenvalue weighted by molar-refractivity contribution is 5.93. The Balaban J connectivity index is 1.32. The molecule has 2 saturated heterocycles. The number of carbonyl (C=O) groups is 2. The zero-order valence-corrected chi connectivity index (χ0v) is 17.7. The molecule has 166 valence electrons. The van der Waals surface area contributed by atoms with Crippen molar-refractivity contribution in [2.24, 2.45) is 0 Å². The Morgan fingerprint density at radius 2 is 1.88 bits per heavy atom. The van der Waals surface area contributed by atoms with Crippen molar-refractivity contribution >= 4 is 23.2 Å². The summed E-state index contributed by atoms with van der Waals surface area (Å²) in [6.45, 7) is 0.230. The first kappa shape index (κ1) is 20.7. The molecule has 2 fully saturated rings. The normalized spacial score (nSPS) is 24.6. The van der Waals surface area contributed by atoms with E-state index >= 15 is 0 Å². The van der Waals surface area contributed by atoms with Gasteiger partial charge < -0.3 is 20.2 Å². The molecule has 5 rings (SSSR count). The lowest BCUT2D eigenvalue weighted by Crippen LogP contribution is -2.73. The number of urea groups is 1. The Morgan fingerprint density at radius 1 is 1.12 bits per heavy atom. The number of amides is 3. The first-order chi connectivity index (χ1) is 15.5. The summed E-state index contributed by atoms with van der Waals surface area (Å²) in [5.41, 5.74) is 4.15. The topological polar surface area (TPSA) is 72.9 Å². The van der Waals surface area contributed by atoms with Gasteiger partial charge in [0.25, 0.3) is 0 Å². The van der Waals surface area contributed by atoms with Gasteiger partial charge in [0, 0.05) is 18.2 Å². The Kier molecular flexibility index (Phi) is 5.43. The highest BCUT2D eigenvalue weighted by Crippen LogP contribution is 2.43. The van der Waals surface area contributed by atoms with E-state index in [-0.39, 0.29) is 48.9 Å². The number of hydrogen-bond acceptors (Lipinski definition) is 3. The van der Waals surface area contributed by atoms with E-state index in [0.29, 0.717) is 12.2 Å². The largest absolute Gasteiger partial charge is 0.394 e. The van der Waals surface area contributed by atoms with E-state index in [1.165, 1.54) is 46.7 Å². The second-order valence-corrected chi connectivity index (χ2v) is 8.71. The first-order valence-electron chi connectivity index (χ1n) is 11.1. The number of piperazine rings is 1. The second kappa shape index (κ2) is 8.39. The van der Waals surface area contributed by atoms with Gasteiger partial charge >= 0.3 is 6.03 Å². The molecule has 3 aliphatic rings. The van der Waals surface area contributed by atoms with Crippen LogP contribution in [0.1, 0.15) is 36.3 Å². The minimum Gasteiger partial charge on any atom is -0.394 e. The standard InChI is InChI=1S/C25H26FN3O3/c26-19-9-11-20(12-10-19)27-25(32)28-13-21-24(22(15-30)29(21)23(31)14-28)18-7-5-17(6-8-18)16-3-1-2-4-16/h3,5-12,21-22,24,30H,1-2,4,13-15H2,(H,27,32)/t21-,22+,24+/m0/s1. The molecule has 2 N–H and O–H groups in total. The third-order valence-corrected chi connectivity index (χ3v) is 6.84. The van der Waals surface area contributed by atoms with Crippen molar-refractivity contribution in [3.8, 4) is 0 Å². The van der Waals surface area contributed by atoms with Crippen molar-refractivity contribution < 1.29 is 19.1 Å². The third kappa shape index (κ3) is 3.66. The number of aliphatic hydroxyl groups excluding tert-OH is 1. The van der Waals surface area contributed by atoms with Crippen LogP contribution in [0, 0.1) is 5.82 Å². The summed E-state index contributed by atoms with van der Waals surface area (Å²) < 4.78 is 13.1. The molecular weight excluding hydrogens is 409 g/mol. The number of allylic oxidation sites excluding steroid dienone is 2. The molecule has 3 atom stereocenters. The Morgan fingerprint density at radius 3 is 2.53 bits per heavy atom. The monoisotopic (exact) mass is 435 g/mol. The number of fused-ring (bicyclic) bond motifs is 1. The summed E-state index contributed by atoms with van der Waals surface area (Å²) in [6, 6.07) is 13.1. The van der Waals surface area contributed by atoms with Crippen molar-refractivity contribution in [2.45, 2.75) is 37.3 Å². The quantitative estimate of drug-likeness (QED) is 0.771. The molecule has 2 aliphatic heterocycles. The Hall–Kier alpha value is -3.19. The predicted molar refractivity (Wildman–Crippen MR) is 120 cm³/mol. The van der Waals surface area contributed by atoms with E-state index < -0.39 is 0 Å². The van der Waals surface area contributed by atoms with Crippen molar-refractivity contribution in [1.29, 1.82) is 0 Å². The van der Waals surface area contributed by atoms with Crippen LogP contribution < -0.4 is 5.32 Å². The van der Waals surface area contributed by atoms with Crippen molar-refractivity contribution in [3.05, 3.63) is 71.6 Å². The van der Waals surface area contributed by atoms with Crippen LogP contribution >= 0.6 is 0 Å². The van der Waals surface area contributed by atoms with Crippen LogP contribution in [0.25, 0.3) is 5.57 Å². The predicted octanol–water partition coefficient (Wildman–Crippen LogP) is 3.60. The summed E-state index contributed by atoms with van der Waals surface area (Å²) in [5.74, 6) is -0.579. The van der Waals surface area contributed by atoms with Crippen molar-refractivity contribution in [3.63, 3.8) is 0 Å². The van der Waals surface area contributed by atoms with Crippen LogP contribution in [-0.4, -0.2) is 58.6 Å². The van der Waals surface area contributed by atoms with E-state index in [1.807, 2.05) is 0 Å². The lowest BCUT2D eigenvalue weighted by Gasteiger charge is -2.58. The molecule has 1 aliphatic carbocycles. The lowest BCUT2D eigenvalue weighted by molar-refractivity contribution is -0.159. The van der Waals surface area contributed by atoms with E-state index in [4.69, 9.17) is 0 Å². The van der Waals surface area contributed by atoms with Gasteiger partial charge in [0.05, 0.1) is 18.7 Å². The van der Waals surface area contributed by atoms with E-state index in [2.05, 4.69) is 35.7 Å². The fourth-order valence-corrected chi connectivity index (χ4v) is 5.24. The smallest absolute Gasteiger partial charge is 0.322 e. The lowest BCUT2D eigenvalue weighted by atomic mass is 9.73. The van der Waals surface area contributed by atoms with Gasteiger partial charge in [-0.3, -0.25) is 4.79 Å². The molecule has 32 heavy (non-hydrogen) atoms. The van der Waals surface area contributed by atoms with E-state index in [0.717, 1.165) is 18.4 Å². The highest BCUT2D eigenvalue weighted by atomic mass is 19.1. The molecule has 2 aromatic rings. The molecule has 0 aromatic heterocycles. The molecule has 3 amide bonds. The molecule has 2 heterocycles. The van der Waals surface area contributed by atoms with Gasteiger partial charge in [-0.15, -0.1) is 0 Å². The van der Waals surface area contributed by atoms with Gasteiger partial charge in [0.15, 0.2) is 0 Å². The SMILES string of the molecule is O=C(Nc1ccc(F)cc1)N1CC(=O)N2[C@H](CO)[C@H](c3ccc(C4=CCCC4)cc3)[C@@H]2C1. The number of halogens is 1. The minimum absolute atomic E-state index is 0.0306. The van der Waals surface area contributed by atoms with Gasteiger partial charge in [0.1, 0.15) is 12.4 Å². The number of nitrogens with one attached hydrogen (secondary N) is 1. The molecule has 0 spiro atoms. The minimum atomic E-state index is -0.390. The molecule has 0 radical (unpaired) electrons.